The number of hydrogen-bond acceptors (Lipinski definition) is 3. The Morgan fingerprint density at radius 1 is 1.62 bits per heavy atom. The number of amides is 1. The lowest BCUT2D eigenvalue weighted by Crippen LogP contribution is -2.22. The fraction of sp³-hybridized carbons (Fsp3) is 0.375. The van der Waals surface area contributed by atoms with Gasteiger partial charge in [-0.05, 0) is 6.92 Å². The van der Waals surface area contributed by atoms with Gasteiger partial charge in [0.25, 0.3) is 5.56 Å². The Morgan fingerprint density at radius 2 is 2.23 bits per heavy atom. The minimum atomic E-state index is -0.233. The molecule has 1 rings (SSSR count). The molecule has 1 aromatic heterocycles. The molecule has 0 aromatic carbocycles. The highest BCUT2D eigenvalue weighted by Gasteiger charge is 2.05. The molecule has 0 bridgehead atoms. The fourth-order valence-electron chi connectivity index (χ4n) is 0.952. The molecule has 1 amide bonds. The first-order valence-corrected chi connectivity index (χ1v) is 3.82. The molecule has 0 aliphatic carbocycles. The average molecular weight is 181 g/mol. The summed E-state index contributed by atoms with van der Waals surface area (Å²) in [4.78, 5) is 26.0. The van der Waals surface area contributed by atoms with Crippen LogP contribution in [0.15, 0.2) is 11.1 Å². The van der Waals surface area contributed by atoms with Gasteiger partial charge in [0.2, 0.25) is 5.91 Å². The third-order valence-corrected chi connectivity index (χ3v) is 1.65. The van der Waals surface area contributed by atoms with E-state index in [-0.39, 0.29) is 11.5 Å². The molecule has 0 aliphatic heterocycles. The predicted octanol–water partition coefficient (Wildman–Crippen LogP) is 0.0471. The topological polar surface area (TPSA) is 64.0 Å². The van der Waals surface area contributed by atoms with E-state index in [1.807, 2.05) is 0 Å². The summed E-state index contributed by atoms with van der Waals surface area (Å²) in [5, 5.41) is 2.48. The molecule has 0 spiro atoms. The Bertz CT molecular complexity index is 395. The van der Waals surface area contributed by atoms with Crippen LogP contribution in [0.2, 0.25) is 0 Å². The fourth-order valence-corrected chi connectivity index (χ4v) is 0.952. The first-order valence-electron chi connectivity index (χ1n) is 3.82. The van der Waals surface area contributed by atoms with Crippen LogP contribution >= 0.6 is 0 Å². The van der Waals surface area contributed by atoms with E-state index in [0.29, 0.717) is 11.4 Å². The summed E-state index contributed by atoms with van der Waals surface area (Å²) in [5.74, 6) is 0.0967. The van der Waals surface area contributed by atoms with Gasteiger partial charge < -0.3 is 9.88 Å². The Hall–Kier alpha value is -1.65. The first-order chi connectivity index (χ1) is 6.02. The Labute approximate surface area is 75.4 Å². The summed E-state index contributed by atoms with van der Waals surface area (Å²) < 4.78 is 1.36. The van der Waals surface area contributed by atoms with Crippen LogP contribution < -0.4 is 10.9 Å². The quantitative estimate of drug-likeness (QED) is 0.665. The van der Waals surface area contributed by atoms with Gasteiger partial charge >= 0.3 is 0 Å². The van der Waals surface area contributed by atoms with E-state index in [1.54, 1.807) is 14.0 Å². The van der Waals surface area contributed by atoms with Gasteiger partial charge in [0.05, 0.1) is 11.9 Å². The number of nitrogens with one attached hydrogen (secondary N) is 1. The molecule has 13 heavy (non-hydrogen) atoms. The average Bonchev–Trinajstić information content (AvgIpc) is 2.06. The largest absolute Gasteiger partial charge is 0.311 e. The predicted molar refractivity (Wildman–Crippen MR) is 48.5 cm³/mol. The van der Waals surface area contributed by atoms with Crippen molar-refractivity contribution in [1.82, 2.24) is 9.55 Å². The highest BCUT2D eigenvalue weighted by Crippen LogP contribution is 2.03. The van der Waals surface area contributed by atoms with Crippen LogP contribution in [-0.2, 0) is 11.8 Å². The van der Waals surface area contributed by atoms with Crippen molar-refractivity contribution in [2.75, 3.05) is 5.32 Å². The number of rotatable bonds is 1. The third-order valence-electron chi connectivity index (χ3n) is 1.65. The van der Waals surface area contributed by atoms with Crippen molar-refractivity contribution >= 4 is 11.7 Å². The van der Waals surface area contributed by atoms with E-state index in [9.17, 15) is 9.59 Å². The smallest absolute Gasteiger partial charge is 0.258 e. The van der Waals surface area contributed by atoms with Gasteiger partial charge in [0, 0.05) is 14.0 Å². The Kier molecular flexibility index (Phi) is 2.46. The van der Waals surface area contributed by atoms with Gasteiger partial charge in [-0.3, -0.25) is 9.59 Å². The standard InChI is InChI=1S/C8H11N3O2/c1-5-7(10-6(2)12)9-4-11(3)8(5)13/h4H,1-3H3,(H,10,12). The maximum Gasteiger partial charge on any atom is 0.258 e. The molecule has 1 heterocycles. The first kappa shape index (κ1) is 9.44. The Morgan fingerprint density at radius 3 is 2.77 bits per heavy atom. The zero-order valence-corrected chi connectivity index (χ0v) is 7.79. The summed E-state index contributed by atoms with van der Waals surface area (Å²) in [6.45, 7) is 3.00. The molecule has 1 N–H and O–H groups in total. The lowest BCUT2D eigenvalue weighted by Gasteiger charge is -2.05. The van der Waals surface area contributed by atoms with E-state index in [4.69, 9.17) is 0 Å². The molecule has 0 radical (unpaired) electrons. The van der Waals surface area contributed by atoms with E-state index in [2.05, 4.69) is 10.3 Å². The number of carbonyl (C=O) groups is 1. The summed E-state index contributed by atoms with van der Waals surface area (Å²) in [6, 6.07) is 0. The van der Waals surface area contributed by atoms with Crippen LogP contribution in [0, 0.1) is 6.92 Å². The van der Waals surface area contributed by atoms with Crippen LogP contribution in [-0.4, -0.2) is 15.5 Å². The van der Waals surface area contributed by atoms with Crippen molar-refractivity contribution < 1.29 is 4.79 Å². The highest BCUT2D eigenvalue weighted by molar-refractivity contribution is 5.88. The van der Waals surface area contributed by atoms with Gasteiger partial charge in [-0.25, -0.2) is 4.98 Å². The molecule has 0 fully saturated rings. The van der Waals surface area contributed by atoms with Gasteiger partial charge in [-0.15, -0.1) is 0 Å². The second kappa shape index (κ2) is 3.38. The van der Waals surface area contributed by atoms with E-state index < -0.39 is 0 Å². The van der Waals surface area contributed by atoms with Crippen molar-refractivity contribution in [3.8, 4) is 0 Å². The van der Waals surface area contributed by atoms with E-state index in [1.165, 1.54) is 17.8 Å². The number of aryl methyl sites for hydroxylation is 1. The molecular weight excluding hydrogens is 170 g/mol. The molecule has 0 unspecified atom stereocenters. The third kappa shape index (κ3) is 1.93. The van der Waals surface area contributed by atoms with Gasteiger partial charge in [-0.1, -0.05) is 0 Å². The van der Waals surface area contributed by atoms with E-state index in [0.717, 1.165) is 0 Å². The summed E-state index contributed by atoms with van der Waals surface area (Å²) in [5.41, 5.74) is 0.291. The molecule has 70 valence electrons. The van der Waals surface area contributed by atoms with Crippen molar-refractivity contribution in [2.45, 2.75) is 13.8 Å². The van der Waals surface area contributed by atoms with Crippen molar-refractivity contribution in [3.63, 3.8) is 0 Å². The highest BCUT2D eigenvalue weighted by atomic mass is 16.1. The Balaban J connectivity index is 3.18. The number of carbonyl (C=O) groups excluding carboxylic acids is 1. The molecule has 5 heteroatoms. The van der Waals surface area contributed by atoms with Gasteiger partial charge in [0.1, 0.15) is 5.82 Å². The monoisotopic (exact) mass is 181 g/mol. The summed E-state index contributed by atoms with van der Waals surface area (Å²) in [6.07, 6.45) is 1.38. The van der Waals surface area contributed by atoms with Crippen LogP contribution in [0.25, 0.3) is 0 Å². The molecule has 0 saturated carbocycles. The van der Waals surface area contributed by atoms with Crippen LogP contribution in [0.3, 0.4) is 0 Å². The zero-order valence-electron chi connectivity index (χ0n) is 7.79. The van der Waals surface area contributed by atoms with Crippen LogP contribution in [0.4, 0.5) is 5.82 Å². The summed E-state index contributed by atoms with van der Waals surface area (Å²) >= 11 is 0. The van der Waals surface area contributed by atoms with Crippen molar-refractivity contribution in [2.24, 2.45) is 7.05 Å². The SMILES string of the molecule is CC(=O)Nc1ncn(C)c(=O)c1C. The maximum absolute atomic E-state index is 11.3. The molecule has 1 aromatic rings. The second-order valence-electron chi connectivity index (χ2n) is 2.82. The zero-order chi connectivity index (χ0) is 10.0. The number of aromatic nitrogens is 2. The molecule has 5 nitrogen and oxygen atoms in total. The van der Waals surface area contributed by atoms with E-state index >= 15 is 0 Å². The molecular formula is C8H11N3O2. The molecule has 0 saturated heterocycles. The number of hydrogen-bond donors (Lipinski definition) is 1. The van der Waals surface area contributed by atoms with Crippen molar-refractivity contribution in [1.29, 1.82) is 0 Å². The maximum atomic E-state index is 11.3. The number of anilines is 1. The van der Waals surface area contributed by atoms with Gasteiger partial charge in [-0.2, -0.15) is 0 Å². The minimum absolute atomic E-state index is 0.154. The van der Waals surface area contributed by atoms with Crippen LogP contribution in [0.1, 0.15) is 12.5 Å². The normalized spacial score (nSPS) is 9.77. The lowest BCUT2D eigenvalue weighted by molar-refractivity contribution is -0.114. The lowest BCUT2D eigenvalue weighted by atomic mass is 10.3. The number of nitrogens with zero attached hydrogens (tertiary/aromatic N) is 2. The van der Waals surface area contributed by atoms with Crippen molar-refractivity contribution in [3.05, 3.63) is 22.2 Å². The molecule has 0 atom stereocenters. The second-order valence-corrected chi connectivity index (χ2v) is 2.82. The van der Waals surface area contributed by atoms with Crippen LogP contribution in [0.5, 0.6) is 0 Å². The van der Waals surface area contributed by atoms with Gasteiger partial charge in [0.15, 0.2) is 0 Å². The minimum Gasteiger partial charge on any atom is -0.311 e. The molecule has 0 aliphatic rings. The summed E-state index contributed by atoms with van der Waals surface area (Å²) in [7, 11) is 1.61.